The van der Waals surface area contributed by atoms with Gasteiger partial charge in [0, 0.05) is 31.6 Å². The second kappa shape index (κ2) is 28.4. The summed E-state index contributed by atoms with van der Waals surface area (Å²) in [4.78, 5) is 108. The number of hydrogen-bond acceptors (Lipinski definition) is 13. The summed E-state index contributed by atoms with van der Waals surface area (Å²) in [5, 5.41) is 44.1. The first kappa shape index (κ1) is 58.0. The lowest BCUT2D eigenvalue weighted by Crippen LogP contribution is -2.55. The molecule has 388 valence electrons. The molecule has 1 heterocycles. The molecular formula is C48H72N8O13S. The highest BCUT2D eigenvalue weighted by Gasteiger charge is 2.35. The largest absolute Gasteiger partial charge is 0.507 e. The predicted octanol–water partition coefficient (Wildman–Crippen LogP) is 2.05. The van der Waals surface area contributed by atoms with E-state index in [9.17, 15) is 62.1 Å². The van der Waals surface area contributed by atoms with Crippen LogP contribution in [0.25, 0.3) is 11.1 Å². The number of phenols is 2. The summed E-state index contributed by atoms with van der Waals surface area (Å²) in [7, 11) is -1.31. The second-order valence-corrected chi connectivity index (χ2v) is 19.5. The quantitative estimate of drug-likeness (QED) is 0.0611. The third-order valence-corrected chi connectivity index (χ3v) is 12.6. The number of carbonyl (C=O) groups excluding carboxylic acids is 8. The number of aliphatic hydroxyl groups is 1. The maximum absolute atomic E-state index is 14.1. The van der Waals surface area contributed by atoms with Gasteiger partial charge in [0.25, 0.3) is 5.91 Å². The molecule has 0 unspecified atom stereocenters. The van der Waals surface area contributed by atoms with E-state index in [2.05, 4.69) is 33.5 Å². The Morgan fingerprint density at radius 3 is 1.79 bits per heavy atom. The number of aliphatic hydroxyl groups excluding tert-OH is 1. The number of nitrogens with zero attached hydrogens (tertiary/aromatic N) is 2. The summed E-state index contributed by atoms with van der Waals surface area (Å²) in [5.74, 6) is -7.45. The average Bonchev–Trinajstić information content (AvgIpc) is 3.30. The maximum Gasteiger partial charge on any atom is 0.252 e. The Morgan fingerprint density at radius 1 is 0.714 bits per heavy atom. The Hall–Kier alpha value is -6.29. The van der Waals surface area contributed by atoms with Crippen molar-refractivity contribution in [3.05, 3.63) is 47.5 Å². The molecule has 21 nitrogen and oxygen atoms in total. The van der Waals surface area contributed by atoms with Crippen LogP contribution in [0.2, 0.25) is 0 Å². The molecule has 3 rings (SSSR count). The molecule has 5 atom stereocenters. The molecule has 9 N–H and O–H groups in total. The van der Waals surface area contributed by atoms with Crippen LogP contribution in [0.4, 0.5) is 0 Å². The number of rotatable bonds is 26. The summed E-state index contributed by atoms with van der Waals surface area (Å²) in [5.41, 5.74) is -0.0100. The van der Waals surface area contributed by atoms with Gasteiger partial charge < -0.3 is 51.7 Å². The summed E-state index contributed by atoms with van der Waals surface area (Å²) < 4.78 is 24.7. The first-order valence-electron chi connectivity index (χ1n) is 23.9. The van der Waals surface area contributed by atoms with Crippen LogP contribution in [0.15, 0.2) is 36.4 Å². The van der Waals surface area contributed by atoms with Crippen LogP contribution in [0.5, 0.6) is 11.5 Å². The highest BCUT2D eigenvalue weighted by molar-refractivity contribution is 7.89. The fourth-order valence-corrected chi connectivity index (χ4v) is 8.35. The lowest BCUT2D eigenvalue weighted by Gasteiger charge is -2.30. The summed E-state index contributed by atoms with van der Waals surface area (Å²) in [6, 6.07) is 0.534. The molecule has 0 aliphatic carbocycles. The monoisotopic (exact) mass is 1000 g/mol. The third-order valence-electron chi connectivity index (χ3n) is 12.0. The van der Waals surface area contributed by atoms with Gasteiger partial charge in [0.15, 0.2) is 0 Å². The predicted molar refractivity (Wildman–Crippen MR) is 260 cm³/mol. The molecule has 0 aromatic heterocycles. The lowest BCUT2D eigenvalue weighted by molar-refractivity contribution is -0.142. The van der Waals surface area contributed by atoms with Crippen LogP contribution >= 0.6 is 0 Å². The van der Waals surface area contributed by atoms with E-state index in [0.717, 1.165) is 41.7 Å². The fraction of sp³-hybridized carbons (Fsp3) is 0.583. The number of phenolic OH excluding ortho intramolecular Hbond substituents is 2. The van der Waals surface area contributed by atoms with E-state index in [-0.39, 0.29) is 34.6 Å². The zero-order valence-electron chi connectivity index (χ0n) is 41.1. The molecule has 2 aromatic carbocycles. The number of hydrogen-bond donors (Lipinski definition) is 9. The van der Waals surface area contributed by atoms with Gasteiger partial charge in [-0.15, -0.1) is 0 Å². The van der Waals surface area contributed by atoms with Crippen LogP contribution in [0, 0.1) is 0 Å². The second-order valence-electron chi connectivity index (χ2n) is 17.8. The Balaban J connectivity index is 1.66. The van der Waals surface area contributed by atoms with Crippen LogP contribution in [-0.4, -0.2) is 139 Å². The third kappa shape index (κ3) is 18.2. The normalized spacial score (nSPS) is 16.6. The standard InChI is InChI=1S/C48H72N8O13S/c1-7-8-9-10-11-12-13-14-15-16-17-18-19-20-40(61)55(4)36(29-57)46(65)51-30(2)44(63)50-28-41(62)56(5)43-33-22-24-38(59)35(26-33)34-25-32(21-23-37(34)58)42(53-45(64)31(3)52-48(43)67)47(66)49-27-39(60)54-70(6,68)69/h21-26,30-31,36,42-43,57-59H,7-20,27-29H2,1-6H3,(H,49,66)(H,50,63)(H,51,65)(H,52,67)(H,53,64)(H,54,60)/t30-,31+,36-,42+,43+/m1/s1. The molecule has 8 amide bonds. The number of likely N-dealkylation sites (N-methyl/N-ethyl adjacent to an activating group) is 2. The zero-order chi connectivity index (χ0) is 52.1. The van der Waals surface area contributed by atoms with E-state index in [1.165, 1.54) is 116 Å². The van der Waals surface area contributed by atoms with Crippen molar-refractivity contribution < 1.29 is 62.1 Å². The topological polar surface area (TPSA) is 310 Å². The number of nitrogens with one attached hydrogen (secondary N) is 6. The number of amides is 8. The van der Waals surface area contributed by atoms with Gasteiger partial charge in [0.05, 0.1) is 26.0 Å². The minimum absolute atomic E-state index is 0.0439. The molecule has 0 spiro atoms. The van der Waals surface area contributed by atoms with Crippen LogP contribution in [0.3, 0.4) is 0 Å². The van der Waals surface area contributed by atoms with Gasteiger partial charge in [-0.05, 0) is 55.7 Å². The summed E-state index contributed by atoms with van der Waals surface area (Å²) >= 11 is 0. The summed E-state index contributed by atoms with van der Waals surface area (Å²) in [6.07, 6.45) is 15.9. The highest BCUT2D eigenvalue weighted by atomic mass is 32.2. The number of carbonyl (C=O) groups is 8. The van der Waals surface area contributed by atoms with Crippen molar-refractivity contribution in [3.63, 3.8) is 0 Å². The van der Waals surface area contributed by atoms with E-state index >= 15 is 0 Å². The molecule has 0 radical (unpaired) electrons. The maximum atomic E-state index is 14.1. The number of sulfonamides is 1. The van der Waals surface area contributed by atoms with E-state index in [1.54, 1.807) is 4.72 Å². The van der Waals surface area contributed by atoms with Crippen molar-refractivity contribution in [1.29, 1.82) is 0 Å². The van der Waals surface area contributed by atoms with Gasteiger partial charge in [0.1, 0.15) is 41.7 Å². The number of aromatic hydroxyl groups is 2. The Morgan fingerprint density at radius 2 is 1.24 bits per heavy atom. The van der Waals surface area contributed by atoms with Gasteiger partial charge >= 0.3 is 0 Å². The van der Waals surface area contributed by atoms with Crippen molar-refractivity contribution in [2.24, 2.45) is 0 Å². The molecule has 1 aliphatic rings. The van der Waals surface area contributed by atoms with Crippen LogP contribution < -0.4 is 31.3 Å². The van der Waals surface area contributed by atoms with Crippen LogP contribution in [0.1, 0.15) is 134 Å². The zero-order valence-corrected chi connectivity index (χ0v) is 41.9. The van der Waals surface area contributed by atoms with Crippen molar-refractivity contribution in [2.45, 2.75) is 141 Å². The first-order chi connectivity index (χ1) is 33.1. The molecule has 0 saturated carbocycles. The summed E-state index contributed by atoms with van der Waals surface area (Å²) in [6.45, 7) is 2.64. The average molecular weight is 1000 g/mol. The molecule has 0 saturated heterocycles. The smallest absolute Gasteiger partial charge is 0.252 e. The molecule has 0 fully saturated rings. The Kier molecular flexibility index (Phi) is 23.5. The van der Waals surface area contributed by atoms with Gasteiger partial charge in [-0.25, -0.2) is 8.42 Å². The van der Waals surface area contributed by atoms with Crippen molar-refractivity contribution >= 4 is 57.3 Å². The van der Waals surface area contributed by atoms with Crippen molar-refractivity contribution in [1.82, 2.24) is 41.1 Å². The van der Waals surface area contributed by atoms with Gasteiger partial charge in [-0.1, -0.05) is 96.1 Å². The molecule has 2 aromatic rings. The molecule has 22 heteroatoms. The Bertz CT molecular complexity index is 2280. The van der Waals surface area contributed by atoms with E-state index in [1.807, 2.05) is 0 Å². The van der Waals surface area contributed by atoms with Gasteiger partial charge in [-0.3, -0.25) is 43.1 Å². The fourth-order valence-electron chi connectivity index (χ4n) is 7.86. The minimum Gasteiger partial charge on any atom is -0.507 e. The molecule has 1 aliphatic heterocycles. The molecule has 4 bridgehead atoms. The lowest BCUT2D eigenvalue weighted by atomic mass is 9.94. The highest BCUT2D eigenvalue weighted by Crippen LogP contribution is 2.39. The number of unbranched alkanes of at least 4 members (excludes halogenated alkanes) is 12. The molecular weight excluding hydrogens is 929 g/mol. The van der Waals surface area contributed by atoms with Crippen molar-refractivity contribution in [3.8, 4) is 22.6 Å². The van der Waals surface area contributed by atoms with Crippen LogP contribution in [-0.2, 0) is 48.4 Å². The van der Waals surface area contributed by atoms with E-state index < -0.39 is 113 Å². The van der Waals surface area contributed by atoms with E-state index in [0.29, 0.717) is 6.42 Å². The van der Waals surface area contributed by atoms with Crippen molar-refractivity contribution in [2.75, 3.05) is 40.0 Å². The molecule has 70 heavy (non-hydrogen) atoms. The number of benzene rings is 2. The minimum atomic E-state index is -3.96. The van der Waals surface area contributed by atoms with E-state index in [4.69, 9.17) is 0 Å². The van der Waals surface area contributed by atoms with Gasteiger partial charge in [0.2, 0.25) is 51.4 Å². The number of fused-ring (bicyclic) bond motifs is 5. The first-order valence-corrected chi connectivity index (χ1v) is 25.7. The Labute approximate surface area is 410 Å². The van der Waals surface area contributed by atoms with Gasteiger partial charge in [-0.2, -0.15) is 0 Å². The SMILES string of the molecule is CCCCCCCCCCCCCCCC(=O)N(C)[C@H](CO)C(=O)N[C@H](C)C(=O)NCC(=O)N(C)[C@@H]1C(=O)N[C@@H](C)C(=O)N[C@H](C(=O)NCC(=O)NS(C)(=O)=O)c2ccc(O)c(c2)-c2cc1ccc2O.